The number of aromatic nitrogens is 1. The van der Waals surface area contributed by atoms with Gasteiger partial charge in [0.2, 0.25) is 0 Å². The molecule has 0 aliphatic heterocycles. The Hall–Kier alpha value is -2.56. The van der Waals surface area contributed by atoms with E-state index in [1.165, 1.54) is 12.8 Å². The van der Waals surface area contributed by atoms with Gasteiger partial charge in [-0.15, -0.1) is 0 Å². The van der Waals surface area contributed by atoms with Crippen molar-refractivity contribution in [2.75, 3.05) is 35.2 Å². The maximum atomic E-state index is 12.5. The van der Waals surface area contributed by atoms with E-state index < -0.39 is 0 Å². The number of anilines is 3. The summed E-state index contributed by atoms with van der Waals surface area (Å²) in [5.41, 5.74) is 2.56. The minimum Gasteiger partial charge on any atom is -0.372 e. The van der Waals surface area contributed by atoms with Crippen molar-refractivity contribution in [3.63, 3.8) is 0 Å². The lowest BCUT2D eigenvalue weighted by atomic mass is 10.2. The zero-order chi connectivity index (χ0) is 18.8. The summed E-state index contributed by atoms with van der Waals surface area (Å²) in [4.78, 5) is 19.0. The number of benzene rings is 1. The van der Waals surface area contributed by atoms with Crippen LogP contribution >= 0.6 is 0 Å². The Morgan fingerprint density at radius 3 is 2.42 bits per heavy atom. The molecule has 0 unspecified atom stereocenters. The van der Waals surface area contributed by atoms with Crippen LogP contribution in [-0.2, 0) is 0 Å². The van der Waals surface area contributed by atoms with E-state index in [0.29, 0.717) is 5.56 Å². The number of amides is 1. The molecule has 1 amide bonds. The number of hydrogen-bond donors (Lipinski definition) is 2. The molecule has 140 valence electrons. The van der Waals surface area contributed by atoms with Crippen LogP contribution in [0.15, 0.2) is 42.6 Å². The molecule has 0 saturated carbocycles. The fourth-order valence-electron chi connectivity index (χ4n) is 2.81. The summed E-state index contributed by atoms with van der Waals surface area (Å²) < 4.78 is 0. The Labute approximate surface area is 156 Å². The summed E-state index contributed by atoms with van der Waals surface area (Å²) in [6.45, 7) is 9.25. The van der Waals surface area contributed by atoms with Gasteiger partial charge in [-0.2, -0.15) is 0 Å². The molecule has 2 N–H and O–H groups in total. The number of carbonyl (C=O) groups excluding carboxylic acids is 1. The molecule has 5 nitrogen and oxygen atoms in total. The zero-order valence-corrected chi connectivity index (χ0v) is 16.1. The minimum absolute atomic E-state index is 0.125. The van der Waals surface area contributed by atoms with Gasteiger partial charge < -0.3 is 15.5 Å². The van der Waals surface area contributed by atoms with Crippen molar-refractivity contribution in [1.29, 1.82) is 0 Å². The first kappa shape index (κ1) is 19.8. The van der Waals surface area contributed by atoms with Crippen LogP contribution in [0.5, 0.6) is 0 Å². The van der Waals surface area contributed by atoms with E-state index in [2.05, 4.69) is 41.3 Å². The van der Waals surface area contributed by atoms with Gasteiger partial charge in [0.1, 0.15) is 5.82 Å². The van der Waals surface area contributed by atoms with E-state index in [9.17, 15) is 4.79 Å². The Morgan fingerprint density at radius 2 is 1.77 bits per heavy atom. The molecule has 1 aromatic heterocycles. The van der Waals surface area contributed by atoms with Gasteiger partial charge in [0.05, 0.1) is 0 Å². The lowest BCUT2D eigenvalue weighted by molar-refractivity contribution is 0.102. The van der Waals surface area contributed by atoms with Crippen molar-refractivity contribution < 1.29 is 4.79 Å². The highest BCUT2D eigenvalue weighted by Gasteiger charge is 2.08. The third kappa shape index (κ3) is 5.76. The number of unbranched alkanes of at least 4 members (excludes halogenated alkanes) is 2. The van der Waals surface area contributed by atoms with Crippen LogP contribution in [0.3, 0.4) is 0 Å². The van der Waals surface area contributed by atoms with Gasteiger partial charge in [-0.05, 0) is 56.7 Å². The largest absolute Gasteiger partial charge is 0.372 e. The highest BCUT2D eigenvalue weighted by molar-refractivity contribution is 6.04. The van der Waals surface area contributed by atoms with Gasteiger partial charge in [-0.1, -0.05) is 19.8 Å². The molecule has 0 aliphatic rings. The van der Waals surface area contributed by atoms with Crippen LogP contribution in [0.4, 0.5) is 17.2 Å². The number of carbonyl (C=O) groups is 1. The summed E-state index contributed by atoms with van der Waals surface area (Å²) in [7, 11) is 0. The lowest BCUT2D eigenvalue weighted by Gasteiger charge is -2.21. The van der Waals surface area contributed by atoms with Gasteiger partial charge in [-0.25, -0.2) is 4.98 Å². The van der Waals surface area contributed by atoms with E-state index in [1.807, 2.05) is 24.3 Å². The molecule has 0 aliphatic carbocycles. The van der Waals surface area contributed by atoms with Crippen LogP contribution in [0.2, 0.25) is 0 Å². The molecule has 0 atom stereocenters. The number of nitrogens with zero attached hydrogens (tertiary/aromatic N) is 2. The smallest absolute Gasteiger partial charge is 0.255 e. The van der Waals surface area contributed by atoms with Crippen LogP contribution in [0, 0.1) is 0 Å². The highest BCUT2D eigenvalue weighted by Crippen LogP contribution is 2.18. The fourth-order valence-corrected chi connectivity index (χ4v) is 2.81. The molecule has 0 bridgehead atoms. The van der Waals surface area contributed by atoms with Crippen LogP contribution in [0.1, 0.15) is 50.4 Å². The average molecular weight is 354 g/mol. The third-order valence-electron chi connectivity index (χ3n) is 4.36. The first-order chi connectivity index (χ1) is 12.7. The Morgan fingerprint density at radius 1 is 1.04 bits per heavy atom. The quantitative estimate of drug-likeness (QED) is 0.603. The van der Waals surface area contributed by atoms with E-state index in [4.69, 9.17) is 0 Å². The summed E-state index contributed by atoms with van der Waals surface area (Å²) in [6, 6.07) is 11.5. The predicted octanol–water partition coefficient (Wildman–Crippen LogP) is 4.78. The maximum absolute atomic E-state index is 12.5. The van der Waals surface area contributed by atoms with Crippen molar-refractivity contribution in [2.24, 2.45) is 0 Å². The van der Waals surface area contributed by atoms with E-state index >= 15 is 0 Å². The second-order valence-corrected chi connectivity index (χ2v) is 6.24. The van der Waals surface area contributed by atoms with Crippen molar-refractivity contribution in [3.05, 3.63) is 48.2 Å². The average Bonchev–Trinajstić information content (AvgIpc) is 2.68. The SMILES string of the molecule is CCCCCNc1cc(C(=O)Nc2ccc(N(CC)CC)cc2)ccn1. The molecular formula is C21H30N4O. The van der Waals surface area contributed by atoms with Crippen molar-refractivity contribution in [3.8, 4) is 0 Å². The number of pyridine rings is 1. The van der Waals surface area contributed by atoms with Gasteiger partial charge in [-0.3, -0.25) is 4.79 Å². The summed E-state index contributed by atoms with van der Waals surface area (Å²) in [5.74, 6) is 0.616. The molecule has 0 spiro atoms. The predicted molar refractivity (Wildman–Crippen MR) is 110 cm³/mol. The van der Waals surface area contributed by atoms with Gasteiger partial charge >= 0.3 is 0 Å². The van der Waals surface area contributed by atoms with E-state index in [0.717, 1.165) is 43.2 Å². The van der Waals surface area contributed by atoms with Crippen molar-refractivity contribution >= 4 is 23.1 Å². The lowest BCUT2D eigenvalue weighted by Crippen LogP contribution is -2.21. The Balaban J connectivity index is 1.96. The number of hydrogen-bond acceptors (Lipinski definition) is 4. The second kappa shape index (κ2) is 10.4. The van der Waals surface area contributed by atoms with Crippen molar-refractivity contribution in [2.45, 2.75) is 40.0 Å². The van der Waals surface area contributed by atoms with E-state index in [1.54, 1.807) is 18.3 Å². The second-order valence-electron chi connectivity index (χ2n) is 6.24. The standard InChI is InChI=1S/C21H30N4O/c1-4-7-8-14-22-20-16-17(13-15-23-20)21(26)24-18-9-11-19(12-10-18)25(5-2)6-3/h9-13,15-16H,4-8,14H2,1-3H3,(H,22,23)(H,24,26). The topological polar surface area (TPSA) is 57.3 Å². The molecule has 0 fully saturated rings. The van der Waals surface area contributed by atoms with Gasteiger partial charge in [0.15, 0.2) is 0 Å². The summed E-state index contributed by atoms with van der Waals surface area (Å²) >= 11 is 0. The molecule has 2 rings (SSSR count). The van der Waals surface area contributed by atoms with Crippen LogP contribution in [-0.4, -0.2) is 30.5 Å². The van der Waals surface area contributed by atoms with Crippen molar-refractivity contribution in [1.82, 2.24) is 4.98 Å². The van der Waals surface area contributed by atoms with Gasteiger partial charge in [0.25, 0.3) is 5.91 Å². The molecule has 1 aromatic carbocycles. The molecule has 1 heterocycles. The maximum Gasteiger partial charge on any atom is 0.255 e. The van der Waals surface area contributed by atoms with Crippen LogP contribution in [0.25, 0.3) is 0 Å². The molecular weight excluding hydrogens is 324 g/mol. The minimum atomic E-state index is -0.125. The fraction of sp³-hybridized carbons (Fsp3) is 0.429. The first-order valence-corrected chi connectivity index (χ1v) is 9.54. The first-order valence-electron chi connectivity index (χ1n) is 9.54. The highest BCUT2D eigenvalue weighted by atomic mass is 16.1. The monoisotopic (exact) mass is 354 g/mol. The summed E-state index contributed by atoms with van der Waals surface area (Å²) in [5, 5.41) is 6.23. The molecule has 5 heteroatoms. The van der Waals surface area contributed by atoms with Gasteiger partial charge in [0, 0.05) is 42.8 Å². The molecule has 26 heavy (non-hydrogen) atoms. The normalized spacial score (nSPS) is 10.4. The Bertz CT molecular complexity index is 681. The van der Waals surface area contributed by atoms with Crippen LogP contribution < -0.4 is 15.5 Å². The third-order valence-corrected chi connectivity index (χ3v) is 4.36. The molecule has 0 radical (unpaired) electrons. The number of nitrogens with one attached hydrogen (secondary N) is 2. The zero-order valence-electron chi connectivity index (χ0n) is 16.1. The van der Waals surface area contributed by atoms with E-state index in [-0.39, 0.29) is 5.91 Å². The molecule has 0 saturated heterocycles. The summed E-state index contributed by atoms with van der Waals surface area (Å²) in [6.07, 6.45) is 5.15. The number of rotatable bonds is 10. The Kier molecular flexibility index (Phi) is 7.93. The molecule has 2 aromatic rings.